The van der Waals surface area contributed by atoms with Crippen molar-refractivity contribution in [3.63, 3.8) is 0 Å². The Morgan fingerprint density at radius 2 is 1.97 bits per heavy atom. The minimum absolute atomic E-state index is 0.159. The number of aliphatic hydroxyl groups excluding tert-OH is 1. The van der Waals surface area contributed by atoms with Gasteiger partial charge in [-0.25, -0.2) is 4.79 Å². The number of rotatable bonds is 8. The summed E-state index contributed by atoms with van der Waals surface area (Å²) in [7, 11) is 1.55. The van der Waals surface area contributed by atoms with E-state index in [1.807, 2.05) is 24.3 Å². The first-order chi connectivity index (χ1) is 17.3. The van der Waals surface area contributed by atoms with E-state index in [0.717, 1.165) is 11.8 Å². The molecular formula is C25H29ClN6O4. The summed E-state index contributed by atoms with van der Waals surface area (Å²) in [6, 6.07) is 11.9. The second-order valence-electron chi connectivity index (χ2n) is 8.07. The van der Waals surface area contributed by atoms with Gasteiger partial charge in [-0.2, -0.15) is 0 Å². The fourth-order valence-corrected chi connectivity index (χ4v) is 3.97. The van der Waals surface area contributed by atoms with Crippen LogP contribution < -0.4 is 15.5 Å². The highest BCUT2D eigenvalue weighted by Crippen LogP contribution is 2.29. The number of nitrogens with zero attached hydrogens (tertiary/aromatic N) is 3. The first-order valence-corrected chi connectivity index (χ1v) is 11.7. The lowest BCUT2D eigenvalue weighted by molar-refractivity contribution is -0.129. The molecule has 2 aromatic rings. The number of hydrogen-bond acceptors (Lipinski definition) is 6. The average molecular weight is 513 g/mol. The highest BCUT2D eigenvalue weighted by atomic mass is 35.5. The van der Waals surface area contributed by atoms with Crippen LogP contribution in [0.5, 0.6) is 0 Å². The third kappa shape index (κ3) is 6.61. The number of para-hydroxylation sites is 1. The summed E-state index contributed by atoms with van der Waals surface area (Å²) in [6.07, 6.45) is 4.25. The van der Waals surface area contributed by atoms with Crippen molar-refractivity contribution in [2.24, 2.45) is 0 Å². The monoisotopic (exact) mass is 512 g/mol. The molecule has 4 N–H and O–H groups in total. The van der Waals surface area contributed by atoms with Gasteiger partial charge in [-0.3, -0.25) is 9.59 Å². The molecule has 0 radical (unpaired) electrons. The van der Waals surface area contributed by atoms with Gasteiger partial charge < -0.3 is 35.8 Å². The van der Waals surface area contributed by atoms with Gasteiger partial charge in [0, 0.05) is 57.0 Å². The van der Waals surface area contributed by atoms with Crippen LogP contribution in [0, 0.1) is 5.41 Å². The maximum atomic E-state index is 13.5. The summed E-state index contributed by atoms with van der Waals surface area (Å²) in [5.41, 5.74) is 2.47. The number of amides is 4. The molecule has 1 aliphatic rings. The summed E-state index contributed by atoms with van der Waals surface area (Å²) >= 11 is 6.44. The van der Waals surface area contributed by atoms with Gasteiger partial charge in [-0.05, 0) is 35.9 Å². The minimum Gasteiger partial charge on any atom is -0.395 e. The van der Waals surface area contributed by atoms with E-state index in [-0.39, 0.29) is 56.2 Å². The number of hydrogen-bond donors (Lipinski definition) is 4. The fourth-order valence-electron chi connectivity index (χ4n) is 3.71. The first-order valence-electron chi connectivity index (χ1n) is 11.3. The van der Waals surface area contributed by atoms with E-state index in [1.165, 1.54) is 11.0 Å². The number of aliphatic hydroxyl groups is 1. The van der Waals surface area contributed by atoms with Gasteiger partial charge in [-0.1, -0.05) is 29.8 Å². The SMILES string of the molecule is CN(CCO)C(=O)CNC(=O)N1CCN(C(=O)c2ccc(N/C=C\C=N)cc2Cl)c2ccccc2C1. The Balaban J connectivity index is 1.76. The standard InChI is InChI=1S/C25H29ClN6O4/c1-30(13-14-33)23(34)16-29-25(36)31-11-12-32(22-6-3-2-5-18(22)17-31)24(35)20-8-7-19(15-21(20)26)28-10-4-9-27/h2-10,15,27-28,33H,11-14,16-17H2,1H3,(H,29,36)/b10-4-,27-9?. The largest absolute Gasteiger partial charge is 0.395 e. The Hall–Kier alpha value is -3.89. The number of likely N-dealkylation sites (N-methyl/N-ethyl adjacent to an activating group) is 1. The van der Waals surface area contributed by atoms with Gasteiger partial charge in [0.2, 0.25) is 5.91 Å². The normalized spacial score (nSPS) is 13.1. The van der Waals surface area contributed by atoms with Crippen LogP contribution in [0.25, 0.3) is 0 Å². The Morgan fingerprint density at radius 3 is 2.69 bits per heavy atom. The van der Waals surface area contributed by atoms with Crippen molar-refractivity contribution >= 4 is 47.0 Å². The molecule has 11 heteroatoms. The Kier molecular flexibility index (Phi) is 9.43. The molecule has 1 heterocycles. The minimum atomic E-state index is -0.420. The van der Waals surface area contributed by atoms with Crippen LogP contribution in [0.1, 0.15) is 15.9 Å². The summed E-state index contributed by atoms with van der Waals surface area (Å²) in [4.78, 5) is 43.0. The molecule has 0 saturated heterocycles. The Bertz CT molecular complexity index is 1160. The maximum Gasteiger partial charge on any atom is 0.318 e. The van der Waals surface area contributed by atoms with E-state index >= 15 is 0 Å². The zero-order valence-corrected chi connectivity index (χ0v) is 20.7. The second-order valence-corrected chi connectivity index (χ2v) is 8.48. The molecule has 0 atom stereocenters. The van der Waals surface area contributed by atoms with E-state index in [1.54, 1.807) is 41.2 Å². The van der Waals surface area contributed by atoms with Gasteiger partial charge in [0.15, 0.2) is 0 Å². The number of allylic oxidation sites excluding steroid dienone is 1. The van der Waals surface area contributed by atoms with E-state index in [0.29, 0.717) is 16.9 Å². The molecule has 0 aliphatic carbocycles. The van der Waals surface area contributed by atoms with Crippen LogP contribution in [-0.4, -0.2) is 78.8 Å². The molecule has 0 bridgehead atoms. The zero-order valence-electron chi connectivity index (χ0n) is 19.9. The fraction of sp³-hybridized carbons (Fsp3) is 0.280. The summed E-state index contributed by atoms with van der Waals surface area (Å²) in [6.45, 7) is 0.582. The van der Waals surface area contributed by atoms with Crippen LogP contribution in [0.3, 0.4) is 0 Å². The van der Waals surface area contributed by atoms with Gasteiger partial charge in [0.1, 0.15) is 0 Å². The number of anilines is 2. The number of carbonyl (C=O) groups excluding carboxylic acids is 3. The van der Waals surface area contributed by atoms with Gasteiger partial charge in [-0.15, -0.1) is 0 Å². The summed E-state index contributed by atoms with van der Waals surface area (Å²) in [5.74, 6) is -0.609. The molecule has 4 amide bonds. The third-order valence-corrected chi connectivity index (χ3v) is 5.98. The highest BCUT2D eigenvalue weighted by molar-refractivity contribution is 6.34. The molecule has 2 aromatic carbocycles. The molecule has 10 nitrogen and oxygen atoms in total. The average Bonchev–Trinajstić information content (AvgIpc) is 3.07. The van der Waals surface area contributed by atoms with Crippen LogP contribution in [0.4, 0.5) is 16.2 Å². The zero-order chi connectivity index (χ0) is 26.1. The van der Waals surface area contributed by atoms with E-state index < -0.39 is 6.03 Å². The van der Waals surface area contributed by atoms with Crippen LogP contribution in [0.2, 0.25) is 5.02 Å². The molecule has 0 saturated carbocycles. The number of halogens is 1. The predicted molar refractivity (Wildman–Crippen MR) is 140 cm³/mol. The number of carbonyl (C=O) groups is 3. The third-order valence-electron chi connectivity index (χ3n) is 5.66. The van der Waals surface area contributed by atoms with Crippen molar-refractivity contribution in [1.29, 1.82) is 5.41 Å². The number of nitrogens with one attached hydrogen (secondary N) is 3. The number of benzene rings is 2. The summed E-state index contributed by atoms with van der Waals surface area (Å²) < 4.78 is 0. The smallest absolute Gasteiger partial charge is 0.318 e. The molecular weight excluding hydrogens is 484 g/mol. The lowest BCUT2D eigenvalue weighted by Gasteiger charge is -2.24. The van der Waals surface area contributed by atoms with Gasteiger partial charge in [0.25, 0.3) is 5.91 Å². The molecule has 0 unspecified atom stereocenters. The number of urea groups is 1. The molecule has 1 aliphatic heterocycles. The van der Waals surface area contributed by atoms with Crippen molar-refractivity contribution in [2.75, 3.05) is 50.1 Å². The first kappa shape index (κ1) is 26.7. The Morgan fingerprint density at radius 1 is 1.19 bits per heavy atom. The quantitative estimate of drug-likeness (QED) is 0.404. The van der Waals surface area contributed by atoms with E-state index in [9.17, 15) is 14.4 Å². The topological polar surface area (TPSA) is 129 Å². The molecule has 0 fully saturated rings. The van der Waals surface area contributed by atoms with Crippen molar-refractivity contribution in [1.82, 2.24) is 15.1 Å². The molecule has 3 rings (SSSR count). The highest BCUT2D eigenvalue weighted by Gasteiger charge is 2.28. The Labute approximate surface area is 214 Å². The van der Waals surface area contributed by atoms with Crippen molar-refractivity contribution in [3.05, 3.63) is 70.9 Å². The number of fused-ring (bicyclic) bond motifs is 1. The molecule has 190 valence electrons. The molecule has 0 spiro atoms. The molecule has 0 aromatic heterocycles. The summed E-state index contributed by atoms with van der Waals surface area (Å²) in [5, 5.41) is 21.9. The van der Waals surface area contributed by atoms with Crippen molar-refractivity contribution in [2.45, 2.75) is 6.54 Å². The maximum absolute atomic E-state index is 13.5. The van der Waals surface area contributed by atoms with Crippen LogP contribution in [-0.2, 0) is 11.3 Å². The van der Waals surface area contributed by atoms with Crippen LogP contribution >= 0.6 is 11.6 Å². The second kappa shape index (κ2) is 12.7. The van der Waals surface area contributed by atoms with Gasteiger partial charge in [0.05, 0.1) is 23.7 Å². The predicted octanol–water partition coefficient (Wildman–Crippen LogP) is 2.54. The van der Waals surface area contributed by atoms with Crippen molar-refractivity contribution < 1.29 is 19.5 Å². The molecule has 36 heavy (non-hydrogen) atoms. The van der Waals surface area contributed by atoms with E-state index in [4.69, 9.17) is 22.1 Å². The van der Waals surface area contributed by atoms with Crippen LogP contribution in [0.15, 0.2) is 54.7 Å². The van der Waals surface area contributed by atoms with Crippen molar-refractivity contribution in [3.8, 4) is 0 Å². The lowest BCUT2D eigenvalue weighted by Crippen LogP contribution is -2.46. The van der Waals surface area contributed by atoms with Gasteiger partial charge >= 0.3 is 6.03 Å². The lowest BCUT2D eigenvalue weighted by atomic mass is 10.1. The van der Waals surface area contributed by atoms with E-state index in [2.05, 4.69) is 10.6 Å².